The lowest BCUT2D eigenvalue weighted by Crippen LogP contribution is -2.66. The van der Waals surface area contributed by atoms with Crippen LogP contribution < -0.4 is 4.90 Å². The molecule has 4 aliphatic carbocycles. The van der Waals surface area contributed by atoms with E-state index in [0.717, 1.165) is 17.2 Å². The van der Waals surface area contributed by atoms with Gasteiger partial charge in [-0.25, -0.2) is 13.4 Å². The van der Waals surface area contributed by atoms with Crippen molar-refractivity contribution in [2.45, 2.75) is 88.2 Å². The van der Waals surface area contributed by atoms with Crippen LogP contribution in [0.1, 0.15) is 81.2 Å². The minimum Gasteiger partial charge on any atom is -0.361 e. The van der Waals surface area contributed by atoms with E-state index in [0.29, 0.717) is 30.4 Å². The van der Waals surface area contributed by atoms with Crippen LogP contribution in [0.5, 0.6) is 0 Å². The maximum atomic E-state index is 14.3. The first-order chi connectivity index (χ1) is 18.1. The number of fused-ring (bicyclic) bond motifs is 1. The molecular weight excluding hydrogens is 492 g/mol. The smallest absolute Gasteiger partial charge is 0.243 e. The summed E-state index contributed by atoms with van der Waals surface area (Å²) in [5.41, 5.74) is 6.12. The molecule has 6 nitrogen and oxygen atoms in total. The van der Waals surface area contributed by atoms with Gasteiger partial charge >= 0.3 is 0 Å². The molecule has 4 saturated carbocycles. The van der Waals surface area contributed by atoms with Gasteiger partial charge < -0.3 is 9.88 Å². The summed E-state index contributed by atoms with van der Waals surface area (Å²) in [6.45, 7) is 8.13. The van der Waals surface area contributed by atoms with Crippen molar-refractivity contribution < 1.29 is 8.42 Å². The van der Waals surface area contributed by atoms with E-state index >= 15 is 0 Å². The monoisotopic (exact) mass is 530 g/mol. The Labute approximate surface area is 226 Å². The van der Waals surface area contributed by atoms with Crippen molar-refractivity contribution in [3.05, 3.63) is 77.4 Å². The van der Waals surface area contributed by atoms with E-state index in [-0.39, 0.29) is 16.9 Å². The quantitative estimate of drug-likeness (QED) is 0.427. The van der Waals surface area contributed by atoms with Gasteiger partial charge in [0.1, 0.15) is 0 Å². The molecule has 200 valence electrons. The maximum Gasteiger partial charge on any atom is 0.243 e. The molecule has 0 amide bonds. The Hall–Kier alpha value is -2.64. The van der Waals surface area contributed by atoms with Gasteiger partial charge in [0.15, 0.2) is 0 Å². The molecule has 0 radical (unpaired) electrons. The van der Waals surface area contributed by atoms with Gasteiger partial charge in [0.05, 0.1) is 23.5 Å². The largest absolute Gasteiger partial charge is 0.361 e. The van der Waals surface area contributed by atoms with Crippen molar-refractivity contribution in [2.24, 2.45) is 11.3 Å². The molecular formula is C31H38N4O2S. The lowest BCUT2D eigenvalue weighted by Gasteiger charge is -2.67. The van der Waals surface area contributed by atoms with E-state index in [2.05, 4.69) is 53.8 Å². The first-order valence-electron chi connectivity index (χ1n) is 14.1. The molecule has 2 bridgehead atoms. The first kappa shape index (κ1) is 24.4. The Kier molecular flexibility index (Phi) is 5.41. The second kappa shape index (κ2) is 8.43. The zero-order valence-electron chi connectivity index (χ0n) is 22.7. The van der Waals surface area contributed by atoms with Crippen LogP contribution in [0.2, 0.25) is 0 Å². The van der Waals surface area contributed by atoms with Crippen molar-refractivity contribution in [2.75, 3.05) is 11.4 Å². The summed E-state index contributed by atoms with van der Waals surface area (Å²) in [5, 5.41) is 0. The Balaban J connectivity index is 1.33. The molecule has 5 aliphatic rings. The number of aromatic nitrogens is 2. The highest BCUT2D eigenvalue weighted by Crippen LogP contribution is 2.68. The molecule has 38 heavy (non-hydrogen) atoms. The van der Waals surface area contributed by atoms with Gasteiger partial charge in [0.25, 0.3) is 0 Å². The van der Waals surface area contributed by atoms with E-state index in [1.165, 1.54) is 48.9 Å². The fourth-order valence-corrected chi connectivity index (χ4v) is 8.61. The Bertz CT molecular complexity index is 1440. The molecule has 1 aromatic heterocycles. The van der Waals surface area contributed by atoms with Crippen molar-refractivity contribution in [3.63, 3.8) is 0 Å². The number of aromatic amines is 1. The van der Waals surface area contributed by atoms with Crippen LogP contribution in [0.15, 0.2) is 59.9 Å². The van der Waals surface area contributed by atoms with Crippen LogP contribution >= 0.6 is 0 Å². The number of nitrogens with one attached hydrogen (secondary N) is 1. The van der Waals surface area contributed by atoms with Crippen LogP contribution in [0.4, 0.5) is 5.69 Å². The molecule has 0 unspecified atom stereocenters. The number of benzene rings is 2. The second-order valence-corrected chi connectivity index (χ2v) is 15.2. The van der Waals surface area contributed by atoms with Gasteiger partial charge in [0, 0.05) is 31.0 Å². The van der Waals surface area contributed by atoms with Crippen molar-refractivity contribution in [1.82, 2.24) is 14.3 Å². The zero-order valence-corrected chi connectivity index (χ0v) is 23.5. The summed E-state index contributed by atoms with van der Waals surface area (Å²) in [4.78, 5) is 10.5. The van der Waals surface area contributed by atoms with Crippen LogP contribution in [0, 0.1) is 11.3 Å². The Morgan fingerprint density at radius 3 is 2.37 bits per heavy atom. The average Bonchev–Trinajstić information content (AvgIpc) is 3.57. The molecule has 2 aromatic carbocycles. The third-order valence-corrected chi connectivity index (χ3v) is 11.5. The summed E-state index contributed by atoms with van der Waals surface area (Å²) in [7, 11) is -3.67. The highest BCUT2D eigenvalue weighted by atomic mass is 32.2. The summed E-state index contributed by atoms with van der Waals surface area (Å²) in [6.07, 6.45) is 9.65. The summed E-state index contributed by atoms with van der Waals surface area (Å²) < 4.78 is 30.4. The molecule has 3 aromatic rings. The number of hydrogen-bond acceptors (Lipinski definition) is 4. The summed E-state index contributed by atoms with van der Waals surface area (Å²) in [5.74, 6) is 1.36. The standard InChI is InChI=1S/C31H38N4O2S/c1-30(2,3)23-9-11-25(12-10-23)38(36,37)34-18-27-26(22-7-8-22)5-4-6-28(27)35(17-24-16-32-20-33-24)29(19-34)31-13-21(14-31)15-31/h4-6,9-12,16,20-22,29H,7-8,13-15,17-19H2,1-3H3,(H,32,33)/t21?,29-,31?/m0/s1. The SMILES string of the molecule is CC(C)(C)c1ccc(S(=O)(=O)N2Cc3c(C4CC4)cccc3N(Cc3cnc[nH]3)[C@H](C34CC(C3)C4)C2)cc1. The van der Waals surface area contributed by atoms with Gasteiger partial charge in [-0.15, -0.1) is 0 Å². The molecule has 1 N–H and O–H groups in total. The van der Waals surface area contributed by atoms with Crippen molar-refractivity contribution in [3.8, 4) is 0 Å². The molecule has 1 aliphatic heterocycles. The Morgan fingerprint density at radius 1 is 1.05 bits per heavy atom. The highest BCUT2D eigenvalue weighted by Gasteiger charge is 2.62. The van der Waals surface area contributed by atoms with Gasteiger partial charge in [-0.1, -0.05) is 45.0 Å². The number of imidazole rings is 1. The first-order valence-corrected chi connectivity index (χ1v) is 15.5. The van der Waals surface area contributed by atoms with E-state index in [1.807, 2.05) is 34.8 Å². The van der Waals surface area contributed by atoms with Gasteiger partial charge in [-0.05, 0) is 89.7 Å². The molecule has 1 atom stereocenters. The Morgan fingerprint density at radius 2 is 1.79 bits per heavy atom. The van der Waals surface area contributed by atoms with E-state index in [4.69, 9.17) is 0 Å². The number of hydrogen-bond donors (Lipinski definition) is 1. The lowest BCUT2D eigenvalue weighted by molar-refractivity contribution is -0.128. The lowest BCUT2D eigenvalue weighted by atomic mass is 9.41. The maximum absolute atomic E-state index is 14.3. The zero-order chi connectivity index (χ0) is 26.3. The second-order valence-electron chi connectivity index (χ2n) is 13.3. The van der Waals surface area contributed by atoms with Crippen LogP contribution in [-0.4, -0.2) is 35.3 Å². The molecule has 0 saturated heterocycles. The van der Waals surface area contributed by atoms with E-state index < -0.39 is 10.0 Å². The highest BCUT2D eigenvalue weighted by molar-refractivity contribution is 7.89. The topological polar surface area (TPSA) is 69.3 Å². The average molecular weight is 531 g/mol. The van der Waals surface area contributed by atoms with Gasteiger partial charge in [0.2, 0.25) is 10.0 Å². The van der Waals surface area contributed by atoms with E-state index in [9.17, 15) is 8.42 Å². The summed E-state index contributed by atoms with van der Waals surface area (Å²) in [6, 6.07) is 14.4. The fraction of sp³-hybridized carbons (Fsp3) is 0.516. The fourth-order valence-electron chi connectivity index (χ4n) is 7.20. The van der Waals surface area contributed by atoms with Crippen LogP contribution in [-0.2, 0) is 28.5 Å². The molecule has 0 spiro atoms. The number of H-pyrrole nitrogens is 1. The minimum atomic E-state index is -3.67. The van der Waals surface area contributed by atoms with E-state index in [1.54, 1.807) is 6.33 Å². The van der Waals surface area contributed by atoms with Gasteiger partial charge in [-0.2, -0.15) is 4.31 Å². The molecule has 4 fully saturated rings. The molecule has 8 rings (SSSR count). The number of rotatable bonds is 6. The van der Waals surface area contributed by atoms with Crippen LogP contribution in [0.25, 0.3) is 0 Å². The molecule has 7 heteroatoms. The number of nitrogens with zero attached hydrogens (tertiary/aromatic N) is 3. The predicted octanol–water partition coefficient (Wildman–Crippen LogP) is 5.96. The third kappa shape index (κ3) is 3.92. The minimum absolute atomic E-state index is 0.0224. The van der Waals surface area contributed by atoms with Crippen LogP contribution in [0.3, 0.4) is 0 Å². The molecule has 2 heterocycles. The van der Waals surface area contributed by atoms with Crippen molar-refractivity contribution >= 4 is 15.7 Å². The predicted molar refractivity (Wildman–Crippen MR) is 149 cm³/mol. The van der Waals surface area contributed by atoms with Crippen molar-refractivity contribution in [1.29, 1.82) is 0 Å². The normalized spacial score (nSPS) is 27.3. The third-order valence-electron chi connectivity index (χ3n) is 9.65. The number of anilines is 1. The van der Waals surface area contributed by atoms with Gasteiger partial charge in [-0.3, -0.25) is 0 Å². The number of sulfonamides is 1. The summed E-state index contributed by atoms with van der Waals surface area (Å²) >= 11 is 0.